The highest BCUT2D eigenvalue weighted by Gasteiger charge is 2.36. The summed E-state index contributed by atoms with van der Waals surface area (Å²) in [6, 6.07) is 13.2. The minimum atomic E-state index is -0.808. The molecule has 2 heterocycles. The molecule has 1 aliphatic rings. The smallest absolute Gasteiger partial charge is 0.337 e. The van der Waals surface area contributed by atoms with Crippen LogP contribution in [0.2, 0.25) is 5.02 Å². The second-order valence-corrected chi connectivity index (χ2v) is 7.59. The van der Waals surface area contributed by atoms with Gasteiger partial charge in [0, 0.05) is 5.56 Å². The van der Waals surface area contributed by atoms with E-state index in [4.69, 9.17) is 33.0 Å². The fourth-order valence-corrected chi connectivity index (χ4v) is 3.67. The van der Waals surface area contributed by atoms with Gasteiger partial charge in [-0.15, -0.1) is 0 Å². The summed E-state index contributed by atoms with van der Waals surface area (Å²) in [5.41, 5.74) is 0.286. The second kappa shape index (κ2) is 8.97. The maximum atomic E-state index is 14.3. The lowest BCUT2D eigenvalue weighted by Gasteiger charge is -2.28. The molecule has 10 heteroatoms. The van der Waals surface area contributed by atoms with Crippen LogP contribution in [0, 0.1) is 5.82 Å². The first-order valence-corrected chi connectivity index (χ1v) is 10.2. The molecular formula is C23H14ClFN2O5S. The number of hydrogen-bond acceptors (Lipinski definition) is 6. The Bertz CT molecular complexity index is 1350. The molecule has 3 aromatic rings. The topological polar surface area (TPSA) is 88.9 Å². The van der Waals surface area contributed by atoms with Crippen molar-refractivity contribution in [2.75, 3.05) is 12.0 Å². The second-order valence-electron chi connectivity index (χ2n) is 6.80. The molecule has 1 N–H and O–H groups in total. The Kier molecular flexibility index (Phi) is 6.08. The van der Waals surface area contributed by atoms with Crippen LogP contribution in [-0.4, -0.2) is 30.0 Å². The molecule has 166 valence electrons. The number of benzene rings is 2. The van der Waals surface area contributed by atoms with Crippen molar-refractivity contribution in [3.05, 3.63) is 82.3 Å². The fourth-order valence-electron chi connectivity index (χ4n) is 3.19. The van der Waals surface area contributed by atoms with Gasteiger partial charge >= 0.3 is 5.97 Å². The van der Waals surface area contributed by atoms with Gasteiger partial charge < -0.3 is 9.15 Å². The number of rotatable bonds is 4. The highest BCUT2D eigenvalue weighted by molar-refractivity contribution is 7.80. The van der Waals surface area contributed by atoms with Crippen molar-refractivity contribution in [1.82, 2.24) is 5.32 Å². The Morgan fingerprint density at radius 1 is 1.18 bits per heavy atom. The van der Waals surface area contributed by atoms with Crippen LogP contribution in [0.4, 0.5) is 10.1 Å². The van der Waals surface area contributed by atoms with E-state index in [9.17, 15) is 18.8 Å². The predicted molar refractivity (Wildman–Crippen MR) is 123 cm³/mol. The molecule has 0 saturated carbocycles. The van der Waals surface area contributed by atoms with Gasteiger partial charge in [-0.3, -0.25) is 14.9 Å². The van der Waals surface area contributed by atoms with E-state index in [1.165, 1.54) is 55.7 Å². The third-order valence-electron chi connectivity index (χ3n) is 4.76. The number of esters is 1. The van der Waals surface area contributed by atoms with E-state index in [0.717, 1.165) is 4.90 Å². The van der Waals surface area contributed by atoms with Crippen molar-refractivity contribution in [2.45, 2.75) is 0 Å². The van der Waals surface area contributed by atoms with Gasteiger partial charge in [-0.2, -0.15) is 0 Å². The minimum absolute atomic E-state index is 0.0926. The number of ether oxygens (including phenoxy) is 1. The molecule has 2 aromatic carbocycles. The number of furan rings is 1. The Morgan fingerprint density at radius 2 is 1.94 bits per heavy atom. The van der Waals surface area contributed by atoms with Gasteiger partial charge in [-0.1, -0.05) is 23.7 Å². The van der Waals surface area contributed by atoms with Crippen molar-refractivity contribution >= 4 is 58.5 Å². The number of nitrogens with one attached hydrogen (secondary N) is 1. The summed E-state index contributed by atoms with van der Waals surface area (Å²) in [6.45, 7) is 0. The first kappa shape index (κ1) is 22.4. The molecule has 7 nitrogen and oxygen atoms in total. The maximum Gasteiger partial charge on any atom is 0.337 e. The van der Waals surface area contributed by atoms with E-state index in [1.807, 2.05) is 0 Å². The monoisotopic (exact) mass is 484 g/mol. The molecule has 0 unspecified atom stereocenters. The molecule has 1 aromatic heterocycles. The highest BCUT2D eigenvalue weighted by Crippen LogP contribution is 2.32. The SMILES string of the molecule is COC(=O)c1ccc(Cl)c(-c2ccc(/C=C3\C(=O)NC(=S)N(c4ccccc4F)C3=O)o2)c1. The van der Waals surface area contributed by atoms with Crippen molar-refractivity contribution in [1.29, 1.82) is 0 Å². The molecule has 1 fully saturated rings. The lowest BCUT2D eigenvalue weighted by molar-refractivity contribution is -0.122. The van der Waals surface area contributed by atoms with Gasteiger partial charge in [-0.25, -0.2) is 14.1 Å². The fraction of sp³-hybridized carbons (Fsp3) is 0.0435. The van der Waals surface area contributed by atoms with E-state index in [0.29, 0.717) is 16.3 Å². The number of nitrogens with zero attached hydrogens (tertiary/aromatic N) is 1. The van der Waals surface area contributed by atoms with E-state index in [-0.39, 0.29) is 27.7 Å². The molecule has 4 rings (SSSR count). The van der Waals surface area contributed by atoms with E-state index < -0.39 is 23.6 Å². The van der Waals surface area contributed by atoms with Gasteiger partial charge in [0.05, 0.1) is 23.4 Å². The normalized spacial score (nSPS) is 15.1. The largest absolute Gasteiger partial charge is 0.465 e. The van der Waals surface area contributed by atoms with E-state index >= 15 is 0 Å². The lowest BCUT2D eigenvalue weighted by Crippen LogP contribution is -2.54. The number of hydrogen-bond donors (Lipinski definition) is 1. The lowest BCUT2D eigenvalue weighted by atomic mass is 10.1. The van der Waals surface area contributed by atoms with Gasteiger partial charge in [0.15, 0.2) is 5.11 Å². The molecule has 0 atom stereocenters. The summed E-state index contributed by atoms with van der Waals surface area (Å²) in [4.78, 5) is 38.2. The van der Waals surface area contributed by atoms with Gasteiger partial charge in [-0.05, 0) is 60.8 Å². The van der Waals surface area contributed by atoms with Crippen LogP contribution in [0.1, 0.15) is 16.1 Å². The van der Waals surface area contributed by atoms with Gasteiger partial charge in [0.1, 0.15) is 22.9 Å². The van der Waals surface area contributed by atoms with Crippen LogP contribution < -0.4 is 10.2 Å². The quantitative estimate of drug-likeness (QED) is 0.256. The van der Waals surface area contributed by atoms with Crippen molar-refractivity contribution in [3.63, 3.8) is 0 Å². The number of amides is 2. The molecule has 0 aliphatic carbocycles. The summed E-state index contributed by atoms with van der Waals surface area (Å²) < 4.78 is 24.7. The standard InChI is InChI=1S/C23H14ClFN2O5S/c1-31-22(30)12-6-8-16(24)14(10-12)19-9-7-13(32-19)11-15-20(28)26-23(33)27(21(15)29)18-5-3-2-4-17(18)25/h2-11H,1H3,(H,26,28,33)/b15-11+. The number of carbonyl (C=O) groups excluding carboxylic acids is 3. The zero-order valence-electron chi connectivity index (χ0n) is 16.9. The maximum absolute atomic E-state index is 14.3. The summed E-state index contributed by atoms with van der Waals surface area (Å²) in [7, 11) is 1.26. The first-order valence-electron chi connectivity index (χ1n) is 9.44. The third-order valence-corrected chi connectivity index (χ3v) is 5.38. The Hall–Kier alpha value is -3.82. The van der Waals surface area contributed by atoms with Gasteiger partial charge in [0.2, 0.25) is 0 Å². The number of para-hydroxylation sites is 1. The predicted octanol–water partition coefficient (Wildman–Crippen LogP) is 4.36. The van der Waals surface area contributed by atoms with Crippen molar-refractivity contribution in [2.24, 2.45) is 0 Å². The van der Waals surface area contributed by atoms with Crippen molar-refractivity contribution in [3.8, 4) is 11.3 Å². The minimum Gasteiger partial charge on any atom is -0.465 e. The molecule has 33 heavy (non-hydrogen) atoms. The third kappa shape index (κ3) is 4.28. The van der Waals surface area contributed by atoms with Crippen LogP contribution in [0.25, 0.3) is 17.4 Å². The average molecular weight is 485 g/mol. The van der Waals surface area contributed by atoms with Crippen molar-refractivity contribution < 1.29 is 27.9 Å². The summed E-state index contributed by atoms with van der Waals surface area (Å²) in [5.74, 6) is -2.33. The van der Waals surface area contributed by atoms with Crippen LogP contribution >= 0.6 is 23.8 Å². The zero-order chi connectivity index (χ0) is 23.7. The van der Waals surface area contributed by atoms with E-state index in [1.54, 1.807) is 12.1 Å². The first-order chi connectivity index (χ1) is 15.8. The molecule has 0 spiro atoms. The van der Waals surface area contributed by atoms with Crippen LogP contribution in [0.5, 0.6) is 0 Å². The number of carbonyl (C=O) groups is 3. The van der Waals surface area contributed by atoms with E-state index in [2.05, 4.69) is 5.32 Å². The average Bonchev–Trinajstić information content (AvgIpc) is 3.26. The van der Waals surface area contributed by atoms with Gasteiger partial charge in [0.25, 0.3) is 11.8 Å². The molecule has 0 bridgehead atoms. The molecule has 1 aliphatic heterocycles. The number of halogens is 2. The molecule has 1 saturated heterocycles. The molecular weight excluding hydrogens is 471 g/mol. The molecule has 0 radical (unpaired) electrons. The number of thiocarbonyl (C=S) groups is 1. The number of anilines is 1. The van der Waals surface area contributed by atoms with Crippen LogP contribution in [-0.2, 0) is 14.3 Å². The number of methoxy groups -OCH3 is 1. The zero-order valence-corrected chi connectivity index (χ0v) is 18.5. The Morgan fingerprint density at radius 3 is 2.67 bits per heavy atom. The summed E-state index contributed by atoms with van der Waals surface area (Å²) in [6.07, 6.45) is 1.22. The Balaban J connectivity index is 1.70. The summed E-state index contributed by atoms with van der Waals surface area (Å²) >= 11 is 11.3. The molecule has 2 amide bonds. The highest BCUT2D eigenvalue weighted by atomic mass is 35.5. The van der Waals surface area contributed by atoms with Crippen LogP contribution in [0.15, 0.2) is 64.6 Å². The van der Waals surface area contributed by atoms with Crippen LogP contribution in [0.3, 0.4) is 0 Å². The summed E-state index contributed by atoms with van der Waals surface area (Å²) in [5, 5.41) is 2.46. The Labute approximate surface area is 197 Å².